The molecule has 0 radical (unpaired) electrons. The van der Waals surface area contributed by atoms with Crippen molar-refractivity contribution in [3.05, 3.63) is 69.2 Å². The van der Waals surface area contributed by atoms with Crippen molar-refractivity contribution in [1.29, 1.82) is 5.26 Å². The van der Waals surface area contributed by atoms with E-state index in [9.17, 15) is 18.8 Å². The van der Waals surface area contributed by atoms with E-state index in [1.54, 1.807) is 0 Å². The van der Waals surface area contributed by atoms with E-state index in [1.807, 2.05) is 6.07 Å². The minimum Gasteiger partial charge on any atom is -0.292 e. The van der Waals surface area contributed by atoms with Crippen molar-refractivity contribution in [3.63, 3.8) is 0 Å². The molecule has 2 rings (SSSR count). The van der Waals surface area contributed by atoms with Crippen molar-refractivity contribution in [3.8, 4) is 6.07 Å². The van der Waals surface area contributed by atoms with Gasteiger partial charge in [-0.1, -0.05) is 29.3 Å². The van der Waals surface area contributed by atoms with Gasteiger partial charge in [0.25, 0.3) is 0 Å². The van der Waals surface area contributed by atoms with Crippen LogP contribution in [0.3, 0.4) is 0 Å². The summed E-state index contributed by atoms with van der Waals surface area (Å²) < 4.78 is 26.1. The van der Waals surface area contributed by atoms with Gasteiger partial charge in [0, 0.05) is 5.56 Å². The molecule has 0 spiro atoms. The van der Waals surface area contributed by atoms with Crippen molar-refractivity contribution < 1.29 is 13.6 Å². The third kappa shape index (κ3) is 3.21. The molecule has 0 saturated carbocycles. The van der Waals surface area contributed by atoms with Gasteiger partial charge in [-0.2, -0.15) is 5.26 Å². The summed E-state index contributed by atoms with van der Waals surface area (Å²) in [6.45, 7) is 0. The first-order valence-electron chi connectivity index (χ1n) is 5.78. The van der Waals surface area contributed by atoms with E-state index in [1.165, 1.54) is 18.2 Å². The van der Waals surface area contributed by atoms with E-state index in [0.29, 0.717) is 5.56 Å². The third-order valence-corrected chi connectivity index (χ3v) is 3.61. The van der Waals surface area contributed by atoms with Gasteiger partial charge in [0.2, 0.25) is 0 Å². The predicted octanol–water partition coefficient (Wildman–Crippen LogP) is 4.76. The smallest absolute Gasteiger partial charge is 0.184 e. The fourth-order valence-corrected chi connectivity index (χ4v) is 2.10. The Balaban J connectivity index is 2.41. The van der Waals surface area contributed by atoms with Crippen molar-refractivity contribution in [2.75, 3.05) is 0 Å². The maximum atomic E-state index is 13.2. The number of nitriles is 1. The number of nitrogens with zero attached hydrogens (tertiary/aromatic N) is 1. The van der Waals surface area contributed by atoms with Crippen LogP contribution < -0.4 is 0 Å². The topological polar surface area (TPSA) is 40.9 Å². The lowest BCUT2D eigenvalue weighted by atomic mass is 9.92. The molecule has 2 aromatic carbocycles. The van der Waals surface area contributed by atoms with Gasteiger partial charge in [-0.3, -0.25) is 4.79 Å². The first kappa shape index (κ1) is 15.4. The third-order valence-electron chi connectivity index (χ3n) is 2.87. The normalized spacial score (nSPS) is 11.8. The average molecular weight is 326 g/mol. The molecule has 0 aliphatic rings. The molecule has 0 aromatic heterocycles. The number of hydrogen-bond donors (Lipinski definition) is 0. The fourth-order valence-electron chi connectivity index (χ4n) is 1.79. The zero-order chi connectivity index (χ0) is 15.6. The molecule has 6 heteroatoms. The Kier molecular flexibility index (Phi) is 4.56. The molecule has 0 fully saturated rings. The molecule has 106 valence electrons. The molecule has 1 unspecified atom stereocenters. The molecular weight excluding hydrogens is 319 g/mol. The summed E-state index contributed by atoms with van der Waals surface area (Å²) in [6.07, 6.45) is 0. The number of carbonyl (C=O) groups excluding carboxylic acids is 1. The lowest BCUT2D eigenvalue weighted by Crippen LogP contribution is -2.12. The number of ketones is 1. The Labute approximate surface area is 129 Å². The monoisotopic (exact) mass is 325 g/mol. The lowest BCUT2D eigenvalue weighted by Gasteiger charge is -2.10. The Hall–Kier alpha value is -1.96. The zero-order valence-electron chi connectivity index (χ0n) is 10.4. The molecule has 0 aliphatic carbocycles. The molecule has 21 heavy (non-hydrogen) atoms. The second kappa shape index (κ2) is 6.21. The maximum Gasteiger partial charge on any atom is 0.184 e. The van der Waals surface area contributed by atoms with Crippen molar-refractivity contribution in [2.45, 2.75) is 5.92 Å². The highest BCUT2D eigenvalue weighted by Gasteiger charge is 2.23. The first-order valence-corrected chi connectivity index (χ1v) is 6.53. The predicted molar refractivity (Wildman–Crippen MR) is 75.5 cm³/mol. The number of Topliss-reactive ketones (excluding diaryl/α,β-unsaturated/α-hetero) is 1. The minimum absolute atomic E-state index is 0.0912. The molecule has 2 nitrogen and oxygen atoms in total. The SMILES string of the molecule is N#CC(C(=O)c1ccc(F)c(F)c1)c1ccc(Cl)c(Cl)c1. The summed E-state index contributed by atoms with van der Waals surface area (Å²) in [7, 11) is 0. The number of carbonyl (C=O) groups is 1. The Morgan fingerprint density at radius 1 is 1.05 bits per heavy atom. The summed E-state index contributed by atoms with van der Waals surface area (Å²) in [4.78, 5) is 12.2. The van der Waals surface area contributed by atoms with Crippen LogP contribution in [0.25, 0.3) is 0 Å². The van der Waals surface area contributed by atoms with E-state index in [2.05, 4.69) is 0 Å². The van der Waals surface area contributed by atoms with Crippen LogP contribution in [0, 0.1) is 23.0 Å². The summed E-state index contributed by atoms with van der Waals surface area (Å²) in [5.74, 6) is -4.03. The van der Waals surface area contributed by atoms with Crippen LogP contribution in [0.4, 0.5) is 8.78 Å². The van der Waals surface area contributed by atoms with Crippen molar-refractivity contribution in [1.82, 2.24) is 0 Å². The van der Waals surface area contributed by atoms with Gasteiger partial charge in [0.1, 0.15) is 5.92 Å². The lowest BCUT2D eigenvalue weighted by molar-refractivity contribution is 0.0978. The number of benzene rings is 2. The number of rotatable bonds is 3. The van der Waals surface area contributed by atoms with E-state index in [4.69, 9.17) is 23.2 Å². The molecule has 0 amide bonds. The molecule has 1 atom stereocenters. The van der Waals surface area contributed by atoms with E-state index < -0.39 is 23.3 Å². The largest absolute Gasteiger partial charge is 0.292 e. The molecule has 0 heterocycles. The molecule has 0 bridgehead atoms. The van der Waals surface area contributed by atoms with Gasteiger partial charge in [-0.25, -0.2) is 8.78 Å². The van der Waals surface area contributed by atoms with Gasteiger partial charge < -0.3 is 0 Å². The maximum absolute atomic E-state index is 13.2. The summed E-state index contributed by atoms with van der Waals surface area (Å²) >= 11 is 11.6. The highest BCUT2D eigenvalue weighted by atomic mass is 35.5. The van der Waals surface area contributed by atoms with Gasteiger partial charge in [-0.15, -0.1) is 0 Å². The second-order valence-electron chi connectivity index (χ2n) is 4.23. The minimum atomic E-state index is -1.18. The standard InChI is InChI=1S/C15H7Cl2F2NO/c16-11-3-1-8(5-12(11)17)10(7-20)15(21)9-2-4-13(18)14(19)6-9/h1-6,10H. The quantitative estimate of drug-likeness (QED) is 0.763. The Morgan fingerprint density at radius 2 is 1.76 bits per heavy atom. The number of halogens is 4. The van der Waals surface area contributed by atoms with Crippen LogP contribution >= 0.6 is 23.2 Å². The summed E-state index contributed by atoms with van der Waals surface area (Å²) in [5.41, 5.74) is 0.244. The molecule has 0 saturated heterocycles. The van der Waals surface area contributed by atoms with Crippen molar-refractivity contribution >= 4 is 29.0 Å². The second-order valence-corrected chi connectivity index (χ2v) is 5.04. The van der Waals surface area contributed by atoms with Crippen LogP contribution in [-0.4, -0.2) is 5.78 Å². The molecule has 2 aromatic rings. The highest BCUT2D eigenvalue weighted by Crippen LogP contribution is 2.28. The van der Waals surface area contributed by atoms with Crippen LogP contribution in [0.5, 0.6) is 0 Å². The van der Waals surface area contributed by atoms with Gasteiger partial charge in [-0.05, 0) is 35.9 Å². The first-order chi connectivity index (χ1) is 9.93. The van der Waals surface area contributed by atoms with Crippen LogP contribution in [0.15, 0.2) is 36.4 Å². The van der Waals surface area contributed by atoms with Crippen LogP contribution in [0.1, 0.15) is 21.8 Å². The molecule has 0 aliphatic heterocycles. The van der Waals surface area contributed by atoms with Gasteiger partial charge >= 0.3 is 0 Å². The van der Waals surface area contributed by atoms with Gasteiger partial charge in [0.05, 0.1) is 16.1 Å². The fraction of sp³-hybridized carbons (Fsp3) is 0.0667. The Bertz CT molecular complexity index is 756. The van der Waals surface area contributed by atoms with E-state index in [-0.39, 0.29) is 15.6 Å². The highest BCUT2D eigenvalue weighted by molar-refractivity contribution is 6.42. The summed E-state index contributed by atoms with van der Waals surface area (Å²) in [6, 6.07) is 8.90. The van der Waals surface area contributed by atoms with Crippen LogP contribution in [0.2, 0.25) is 10.0 Å². The summed E-state index contributed by atoms with van der Waals surface area (Å²) in [5, 5.41) is 9.67. The zero-order valence-corrected chi connectivity index (χ0v) is 11.9. The van der Waals surface area contributed by atoms with Crippen molar-refractivity contribution in [2.24, 2.45) is 0 Å². The number of hydrogen-bond acceptors (Lipinski definition) is 2. The average Bonchev–Trinajstić information content (AvgIpc) is 2.46. The Morgan fingerprint density at radius 3 is 2.33 bits per heavy atom. The van der Waals surface area contributed by atoms with E-state index in [0.717, 1.165) is 18.2 Å². The van der Waals surface area contributed by atoms with E-state index >= 15 is 0 Å². The molecule has 0 N–H and O–H groups in total. The van der Waals surface area contributed by atoms with Gasteiger partial charge in [0.15, 0.2) is 17.4 Å². The van der Waals surface area contributed by atoms with Crippen LogP contribution in [-0.2, 0) is 0 Å². The molecular formula is C15H7Cl2F2NO.